The van der Waals surface area contributed by atoms with Gasteiger partial charge >= 0.3 is 0 Å². The van der Waals surface area contributed by atoms with E-state index in [0.717, 1.165) is 18.9 Å². The number of nitrogens with one attached hydrogen (secondary N) is 1. The Bertz CT molecular complexity index is 201. The molecule has 0 aromatic heterocycles. The van der Waals surface area contributed by atoms with Crippen molar-refractivity contribution < 1.29 is 4.79 Å². The lowest BCUT2D eigenvalue weighted by Gasteiger charge is -2.17. The van der Waals surface area contributed by atoms with E-state index in [1.54, 1.807) is 0 Å². The third-order valence-electron chi connectivity index (χ3n) is 3.24. The first kappa shape index (κ1) is 9.00. The van der Waals surface area contributed by atoms with E-state index in [2.05, 4.69) is 5.32 Å². The Hall–Kier alpha value is -0.570. The minimum absolute atomic E-state index is 0.144. The zero-order valence-electron chi connectivity index (χ0n) is 7.96. The van der Waals surface area contributed by atoms with Crippen molar-refractivity contribution in [3.05, 3.63) is 0 Å². The van der Waals surface area contributed by atoms with Crippen LogP contribution < -0.4 is 11.1 Å². The van der Waals surface area contributed by atoms with Crippen molar-refractivity contribution in [2.45, 2.75) is 38.1 Å². The van der Waals surface area contributed by atoms with Gasteiger partial charge < -0.3 is 11.1 Å². The Labute approximate surface area is 79.1 Å². The monoisotopic (exact) mass is 182 g/mol. The van der Waals surface area contributed by atoms with Crippen LogP contribution in [-0.2, 0) is 4.79 Å². The van der Waals surface area contributed by atoms with E-state index in [1.807, 2.05) is 0 Å². The first-order valence-corrected chi connectivity index (χ1v) is 5.27. The summed E-state index contributed by atoms with van der Waals surface area (Å²) in [4.78, 5) is 10.8. The van der Waals surface area contributed by atoms with Gasteiger partial charge in [0.2, 0.25) is 5.91 Å². The van der Waals surface area contributed by atoms with Crippen molar-refractivity contribution in [2.75, 3.05) is 6.54 Å². The fraction of sp³-hybridized carbons (Fsp3) is 0.900. The maximum Gasteiger partial charge on any atom is 0.217 e. The maximum atomic E-state index is 10.8. The van der Waals surface area contributed by atoms with E-state index in [4.69, 9.17) is 5.73 Å². The fourth-order valence-corrected chi connectivity index (χ4v) is 2.31. The SMILES string of the molecule is NC(=O)CC1CCNC1CC1CC1. The highest BCUT2D eigenvalue weighted by atomic mass is 16.1. The lowest BCUT2D eigenvalue weighted by atomic mass is 9.93. The van der Waals surface area contributed by atoms with Gasteiger partial charge in [0.05, 0.1) is 0 Å². The van der Waals surface area contributed by atoms with Gasteiger partial charge in [0.1, 0.15) is 0 Å². The molecule has 1 aliphatic heterocycles. The molecule has 2 unspecified atom stereocenters. The summed E-state index contributed by atoms with van der Waals surface area (Å²) in [7, 11) is 0. The van der Waals surface area contributed by atoms with Gasteiger partial charge in [0, 0.05) is 12.5 Å². The summed E-state index contributed by atoms with van der Waals surface area (Å²) in [5, 5.41) is 3.48. The molecular formula is C10H18N2O. The average Bonchev–Trinajstić information content (AvgIpc) is 2.75. The second-order valence-corrected chi connectivity index (χ2v) is 4.46. The highest BCUT2D eigenvalue weighted by molar-refractivity contribution is 5.74. The van der Waals surface area contributed by atoms with Crippen LogP contribution in [0.3, 0.4) is 0 Å². The van der Waals surface area contributed by atoms with Gasteiger partial charge in [-0.25, -0.2) is 0 Å². The normalized spacial score (nSPS) is 33.5. The number of carbonyl (C=O) groups excluding carboxylic acids is 1. The largest absolute Gasteiger partial charge is 0.370 e. The second-order valence-electron chi connectivity index (χ2n) is 4.46. The van der Waals surface area contributed by atoms with Gasteiger partial charge in [-0.2, -0.15) is 0 Å². The van der Waals surface area contributed by atoms with Crippen LogP contribution in [0.25, 0.3) is 0 Å². The number of nitrogens with two attached hydrogens (primary N) is 1. The maximum absolute atomic E-state index is 10.8. The molecule has 13 heavy (non-hydrogen) atoms. The van der Waals surface area contributed by atoms with Gasteiger partial charge in [0.15, 0.2) is 0 Å². The highest BCUT2D eigenvalue weighted by Crippen LogP contribution is 2.37. The Balaban J connectivity index is 1.81. The molecule has 1 saturated heterocycles. The van der Waals surface area contributed by atoms with E-state index < -0.39 is 0 Å². The summed E-state index contributed by atoms with van der Waals surface area (Å²) in [6, 6.07) is 0.569. The van der Waals surface area contributed by atoms with Crippen molar-refractivity contribution in [1.29, 1.82) is 0 Å². The van der Waals surface area contributed by atoms with Gasteiger partial charge in [-0.3, -0.25) is 4.79 Å². The topological polar surface area (TPSA) is 55.1 Å². The predicted octanol–water partition coefficient (Wildman–Crippen LogP) is 0.640. The third-order valence-corrected chi connectivity index (χ3v) is 3.24. The Morgan fingerprint density at radius 2 is 2.15 bits per heavy atom. The lowest BCUT2D eigenvalue weighted by molar-refractivity contribution is -0.119. The molecule has 0 aromatic rings. The van der Waals surface area contributed by atoms with Crippen LogP contribution in [0.5, 0.6) is 0 Å². The molecule has 0 spiro atoms. The van der Waals surface area contributed by atoms with Crippen molar-refractivity contribution in [3.63, 3.8) is 0 Å². The van der Waals surface area contributed by atoms with Gasteiger partial charge in [-0.1, -0.05) is 12.8 Å². The summed E-state index contributed by atoms with van der Waals surface area (Å²) in [6.45, 7) is 1.06. The molecule has 74 valence electrons. The number of hydrogen-bond donors (Lipinski definition) is 2. The first-order valence-electron chi connectivity index (χ1n) is 5.27. The summed E-state index contributed by atoms with van der Waals surface area (Å²) < 4.78 is 0. The van der Waals surface area contributed by atoms with Crippen molar-refractivity contribution in [3.8, 4) is 0 Å². The Kier molecular flexibility index (Phi) is 2.54. The Morgan fingerprint density at radius 3 is 2.77 bits per heavy atom. The van der Waals surface area contributed by atoms with E-state index in [0.29, 0.717) is 18.4 Å². The van der Waals surface area contributed by atoms with Gasteiger partial charge in [-0.05, 0) is 31.2 Å². The number of rotatable bonds is 4. The molecule has 2 atom stereocenters. The molecule has 0 bridgehead atoms. The van der Waals surface area contributed by atoms with Crippen molar-refractivity contribution >= 4 is 5.91 Å². The van der Waals surface area contributed by atoms with Crippen molar-refractivity contribution in [2.24, 2.45) is 17.6 Å². The molecule has 2 rings (SSSR count). The van der Waals surface area contributed by atoms with Gasteiger partial charge in [-0.15, -0.1) is 0 Å². The molecule has 3 N–H and O–H groups in total. The minimum atomic E-state index is -0.144. The molecule has 3 heteroatoms. The lowest BCUT2D eigenvalue weighted by Crippen LogP contribution is -2.30. The number of amides is 1. The molecule has 2 aliphatic rings. The van der Waals surface area contributed by atoms with E-state index in [1.165, 1.54) is 19.3 Å². The standard InChI is InChI=1S/C10H18N2O/c11-10(13)6-8-3-4-12-9(8)5-7-1-2-7/h7-9,12H,1-6H2,(H2,11,13). The van der Waals surface area contributed by atoms with Crippen LogP contribution in [0.1, 0.15) is 32.1 Å². The summed E-state index contributed by atoms with van der Waals surface area (Å²) in [6.07, 6.45) is 5.74. The summed E-state index contributed by atoms with van der Waals surface area (Å²) in [5.41, 5.74) is 5.21. The smallest absolute Gasteiger partial charge is 0.217 e. The minimum Gasteiger partial charge on any atom is -0.370 e. The van der Waals surface area contributed by atoms with Crippen LogP contribution in [0.15, 0.2) is 0 Å². The molecule has 0 radical (unpaired) electrons. The predicted molar refractivity (Wildman–Crippen MR) is 51.1 cm³/mol. The van der Waals surface area contributed by atoms with E-state index >= 15 is 0 Å². The molecule has 1 amide bonds. The summed E-state index contributed by atoms with van der Waals surface area (Å²) in [5.74, 6) is 1.30. The fourth-order valence-electron chi connectivity index (χ4n) is 2.31. The quantitative estimate of drug-likeness (QED) is 0.670. The first-order chi connectivity index (χ1) is 6.25. The molecule has 2 fully saturated rings. The van der Waals surface area contributed by atoms with E-state index in [9.17, 15) is 4.79 Å². The number of carbonyl (C=O) groups is 1. The average molecular weight is 182 g/mol. The van der Waals surface area contributed by atoms with E-state index in [-0.39, 0.29) is 5.91 Å². The van der Waals surface area contributed by atoms with Crippen LogP contribution in [0.2, 0.25) is 0 Å². The Morgan fingerprint density at radius 1 is 1.38 bits per heavy atom. The number of primary amides is 1. The van der Waals surface area contributed by atoms with Gasteiger partial charge in [0.25, 0.3) is 0 Å². The molecular weight excluding hydrogens is 164 g/mol. The van der Waals surface area contributed by atoms with Crippen LogP contribution >= 0.6 is 0 Å². The van der Waals surface area contributed by atoms with Crippen molar-refractivity contribution in [1.82, 2.24) is 5.32 Å². The summed E-state index contributed by atoms with van der Waals surface area (Å²) >= 11 is 0. The molecule has 1 heterocycles. The molecule has 3 nitrogen and oxygen atoms in total. The highest BCUT2D eigenvalue weighted by Gasteiger charge is 2.33. The van der Waals surface area contributed by atoms with Crippen LogP contribution in [-0.4, -0.2) is 18.5 Å². The van der Waals surface area contributed by atoms with Crippen LogP contribution in [0.4, 0.5) is 0 Å². The van der Waals surface area contributed by atoms with Crippen LogP contribution in [0, 0.1) is 11.8 Å². The number of hydrogen-bond acceptors (Lipinski definition) is 2. The third kappa shape index (κ3) is 2.44. The zero-order chi connectivity index (χ0) is 9.26. The second kappa shape index (κ2) is 3.66. The zero-order valence-corrected chi connectivity index (χ0v) is 7.96. The molecule has 1 saturated carbocycles. The molecule has 0 aromatic carbocycles. The molecule has 1 aliphatic carbocycles.